The number of rotatable bonds is 6. The SMILES string of the molecule is O=C(Cc1nccs1)Cc1cc(F)ccc1C(=O)c1cccs1. The van der Waals surface area contributed by atoms with Gasteiger partial charge >= 0.3 is 0 Å². The number of nitrogens with zero attached hydrogens (tertiary/aromatic N) is 1. The van der Waals surface area contributed by atoms with Crippen molar-refractivity contribution in [1.29, 1.82) is 0 Å². The average Bonchev–Trinajstić information content (AvgIpc) is 3.20. The molecule has 0 spiro atoms. The number of aromatic nitrogens is 1. The molecular formula is C17H12FNO2S2. The third-order valence-corrected chi connectivity index (χ3v) is 4.92. The van der Waals surface area contributed by atoms with E-state index in [0.29, 0.717) is 16.0 Å². The predicted molar refractivity (Wildman–Crippen MR) is 88.7 cm³/mol. The number of Topliss-reactive ketones (excluding diaryl/α,β-unsaturated/α-hetero) is 1. The zero-order chi connectivity index (χ0) is 16.2. The van der Waals surface area contributed by atoms with Crippen molar-refractivity contribution >= 4 is 34.2 Å². The Kier molecular flexibility index (Phi) is 4.73. The van der Waals surface area contributed by atoms with E-state index < -0.39 is 5.82 Å². The number of thiazole rings is 1. The van der Waals surface area contributed by atoms with Gasteiger partial charge in [0, 0.05) is 23.6 Å². The van der Waals surface area contributed by atoms with E-state index in [1.54, 1.807) is 23.7 Å². The summed E-state index contributed by atoms with van der Waals surface area (Å²) in [6, 6.07) is 7.46. The quantitative estimate of drug-likeness (QED) is 0.636. The first-order chi connectivity index (χ1) is 11.1. The highest BCUT2D eigenvalue weighted by molar-refractivity contribution is 7.12. The van der Waals surface area contributed by atoms with Gasteiger partial charge in [0.25, 0.3) is 0 Å². The van der Waals surface area contributed by atoms with Gasteiger partial charge in [0.1, 0.15) is 11.6 Å². The zero-order valence-electron chi connectivity index (χ0n) is 12.0. The van der Waals surface area contributed by atoms with Crippen LogP contribution >= 0.6 is 22.7 Å². The summed E-state index contributed by atoms with van der Waals surface area (Å²) in [5.74, 6) is -0.729. The zero-order valence-corrected chi connectivity index (χ0v) is 13.6. The topological polar surface area (TPSA) is 47.0 Å². The van der Waals surface area contributed by atoms with Gasteiger partial charge in [-0.25, -0.2) is 9.37 Å². The summed E-state index contributed by atoms with van der Waals surface area (Å²) >= 11 is 2.73. The van der Waals surface area contributed by atoms with Gasteiger partial charge in [-0.1, -0.05) is 6.07 Å². The van der Waals surface area contributed by atoms with E-state index in [9.17, 15) is 14.0 Å². The second-order valence-corrected chi connectivity index (χ2v) is 6.85. The van der Waals surface area contributed by atoms with Gasteiger partial charge < -0.3 is 0 Å². The minimum absolute atomic E-state index is 0.0176. The predicted octanol–water partition coefficient (Wildman–Crippen LogP) is 3.93. The minimum atomic E-state index is -0.454. The highest BCUT2D eigenvalue weighted by Crippen LogP contribution is 2.20. The Balaban J connectivity index is 1.84. The lowest BCUT2D eigenvalue weighted by Gasteiger charge is -2.07. The van der Waals surface area contributed by atoms with E-state index in [0.717, 1.165) is 5.01 Å². The summed E-state index contributed by atoms with van der Waals surface area (Å²) in [6.07, 6.45) is 1.85. The molecule has 0 radical (unpaired) electrons. The number of hydrogen-bond acceptors (Lipinski definition) is 5. The van der Waals surface area contributed by atoms with Crippen LogP contribution in [-0.2, 0) is 17.6 Å². The lowest BCUT2D eigenvalue weighted by Crippen LogP contribution is -2.11. The molecule has 0 unspecified atom stereocenters. The van der Waals surface area contributed by atoms with Crippen LogP contribution in [0.2, 0.25) is 0 Å². The van der Waals surface area contributed by atoms with Gasteiger partial charge in [-0.3, -0.25) is 9.59 Å². The fraction of sp³-hybridized carbons (Fsp3) is 0.118. The Labute approximate surface area is 140 Å². The fourth-order valence-corrected chi connectivity index (χ4v) is 3.58. The molecule has 0 aliphatic rings. The van der Waals surface area contributed by atoms with E-state index in [2.05, 4.69) is 4.98 Å². The molecule has 23 heavy (non-hydrogen) atoms. The van der Waals surface area contributed by atoms with Crippen LogP contribution in [0.4, 0.5) is 4.39 Å². The first-order valence-corrected chi connectivity index (χ1v) is 8.66. The molecule has 116 valence electrons. The van der Waals surface area contributed by atoms with Crippen molar-refractivity contribution < 1.29 is 14.0 Å². The fourth-order valence-electron chi connectivity index (χ4n) is 2.25. The molecule has 3 nitrogen and oxygen atoms in total. The number of thiophene rings is 1. The largest absolute Gasteiger partial charge is 0.299 e. The maximum Gasteiger partial charge on any atom is 0.203 e. The first-order valence-electron chi connectivity index (χ1n) is 6.90. The van der Waals surface area contributed by atoms with Crippen LogP contribution in [0.5, 0.6) is 0 Å². The highest BCUT2D eigenvalue weighted by atomic mass is 32.1. The summed E-state index contributed by atoms with van der Waals surface area (Å²) in [4.78, 5) is 29.3. The van der Waals surface area contributed by atoms with Gasteiger partial charge in [-0.15, -0.1) is 22.7 Å². The number of benzene rings is 1. The number of hydrogen-bond donors (Lipinski definition) is 0. The molecule has 0 aliphatic heterocycles. The van der Waals surface area contributed by atoms with Gasteiger partial charge in [-0.2, -0.15) is 0 Å². The van der Waals surface area contributed by atoms with Crippen LogP contribution in [0.15, 0.2) is 47.3 Å². The van der Waals surface area contributed by atoms with Crippen LogP contribution in [-0.4, -0.2) is 16.6 Å². The molecule has 3 rings (SSSR count). The molecule has 2 aromatic heterocycles. The van der Waals surface area contributed by atoms with Crippen LogP contribution < -0.4 is 0 Å². The average molecular weight is 345 g/mol. The number of carbonyl (C=O) groups is 2. The second-order valence-electron chi connectivity index (χ2n) is 4.93. The molecule has 0 saturated carbocycles. The van der Waals surface area contributed by atoms with E-state index in [1.807, 2.05) is 5.38 Å². The van der Waals surface area contributed by atoms with Gasteiger partial charge in [-0.05, 0) is 35.2 Å². The van der Waals surface area contributed by atoms with Gasteiger partial charge in [0.2, 0.25) is 5.78 Å². The molecule has 0 atom stereocenters. The van der Waals surface area contributed by atoms with Crippen LogP contribution in [0.25, 0.3) is 0 Å². The molecule has 0 bridgehead atoms. The molecule has 0 fully saturated rings. The lowest BCUT2D eigenvalue weighted by molar-refractivity contribution is -0.117. The summed E-state index contributed by atoms with van der Waals surface area (Å²) in [5, 5.41) is 4.33. The normalized spacial score (nSPS) is 10.7. The summed E-state index contributed by atoms with van der Waals surface area (Å²) in [7, 11) is 0. The highest BCUT2D eigenvalue weighted by Gasteiger charge is 2.18. The van der Waals surface area contributed by atoms with E-state index in [1.165, 1.54) is 40.9 Å². The first kappa shape index (κ1) is 15.7. The van der Waals surface area contributed by atoms with E-state index in [4.69, 9.17) is 0 Å². The van der Waals surface area contributed by atoms with Gasteiger partial charge in [0.15, 0.2) is 0 Å². The van der Waals surface area contributed by atoms with Crippen molar-refractivity contribution in [3.63, 3.8) is 0 Å². The van der Waals surface area contributed by atoms with E-state index >= 15 is 0 Å². The molecule has 1 aromatic carbocycles. The van der Waals surface area contributed by atoms with Crippen molar-refractivity contribution in [2.45, 2.75) is 12.8 Å². The summed E-state index contributed by atoms with van der Waals surface area (Å²) < 4.78 is 13.6. The third-order valence-electron chi connectivity index (χ3n) is 3.28. The second kappa shape index (κ2) is 6.93. The Morgan fingerprint density at radius 1 is 1.09 bits per heavy atom. The summed E-state index contributed by atoms with van der Waals surface area (Å²) in [5.41, 5.74) is 0.797. The molecule has 0 aliphatic carbocycles. The number of ketones is 2. The van der Waals surface area contributed by atoms with Crippen LogP contribution in [0, 0.1) is 5.82 Å². The van der Waals surface area contributed by atoms with Crippen molar-refractivity contribution in [1.82, 2.24) is 4.98 Å². The molecule has 3 aromatic rings. The number of carbonyl (C=O) groups excluding carboxylic acids is 2. The molecule has 6 heteroatoms. The Morgan fingerprint density at radius 2 is 1.96 bits per heavy atom. The van der Waals surface area contributed by atoms with E-state index in [-0.39, 0.29) is 24.4 Å². The Bertz CT molecular complexity index is 826. The van der Waals surface area contributed by atoms with Crippen molar-refractivity contribution in [2.75, 3.05) is 0 Å². The van der Waals surface area contributed by atoms with Crippen LogP contribution in [0.3, 0.4) is 0 Å². The maximum atomic E-state index is 13.6. The smallest absolute Gasteiger partial charge is 0.203 e. The van der Waals surface area contributed by atoms with Crippen molar-refractivity contribution in [2.24, 2.45) is 0 Å². The standard InChI is InChI=1S/C17H12FNO2S2/c18-12-3-4-14(17(21)15-2-1-6-22-15)11(8-12)9-13(20)10-16-19-5-7-23-16/h1-8H,9-10H2. The molecule has 0 amide bonds. The van der Waals surface area contributed by atoms with Gasteiger partial charge in [0.05, 0.1) is 16.3 Å². The molecule has 0 saturated heterocycles. The minimum Gasteiger partial charge on any atom is -0.299 e. The molecular weight excluding hydrogens is 333 g/mol. The van der Waals surface area contributed by atoms with Crippen molar-refractivity contribution in [3.05, 3.63) is 74.1 Å². The summed E-state index contributed by atoms with van der Waals surface area (Å²) in [6.45, 7) is 0. The molecule has 2 heterocycles. The maximum absolute atomic E-state index is 13.6. The number of halogens is 1. The monoisotopic (exact) mass is 345 g/mol. The Morgan fingerprint density at radius 3 is 2.65 bits per heavy atom. The Hall–Kier alpha value is -2.18. The molecule has 0 N–H and O–H groups in total. The lowest BCUT2D eigenvalue weighted by atomic mass is 9.97. The van der Waals surface area contributed by atoms with Crippen molar-refractivity contribution in [3.8, 4) is 0 Å². The third kappa shape index (κ3) is 3.78. The van der Waals surface area contributed by atoms with Crippen LogP contribution in [0.1, 0.15) is 25.8 Å².